The lowest BCUT2D eigenvalue weighted by molar-refractivity contribution is -0.132. The molecule has 3 aromatic rings. The van der Waals surface area contributed by atoms with E-state index in [1.165, 1.54) is 22.4 Å². The number of aliphatic hydroxyl groups excluding tert-OH is 1. The van der Waals surface area contributed by atoms with E-state index >= 15 is 0 Å². The first kappa shape index (κ1) is 22.9. The Balaban J connectivity index is 1.64. The van der Waals surface area contributed by atoms with Crippen molar-refractivity contribution in [3.63, 3.8) is 0 Å². The summed E-state index contributed by atoms with van der Waals surface area (Å²) in [6, 6.07) is 21.7. The molecule has 1 aliphatic carbocycles. The van der Waals surface area contributed by atoms with Crippen LogP contribution in [-0.4, -0.2) is 23.4 Å². The maximum Gasteiger partial charge on any atom is 0.300 e. The molecular formula is C30H29NO4. The molecule has 1 saturated heterocycles. The number of carbonyl (C=O) groups is 2. The van der Waals surface area contributed by atoms with E-state index in [1.54, 1.807) is 12.1 Å². The molecule has 1 atom stereocenters. The summed E-state index contributed by atoms with van der Waals surface area (Å²) in [7, 11) is 0. The highest BCUT2D eigenvalue weighted by Crippen LogP contribution is 2.43. The van der Waals surface area contributed by atoms with Crippen LogP contribution in [0.5, 0.6) is 5.75 Å². The average molecular weight is 468 g/mol. The third kappa shape index (κ3) is 4.34. The van der Waals surface area contributed by atoms with Crippen molar-refractivity contribution in [3.05, 3.63) is 101 Å². The van der Waals surface area contributed by atoms with E-state index in [0.717, 1.165) is 31.2 Å². The van der Waals surface area contributed by atoms with Crippen LogP contribution in [0.1, 0.15) is 54.5 Å². The van der Waals surface area contributed by atoms with Crippen LogP contribution in [0.15, 0.2) is 78.4 Å². The summed E-state index contributed by atoms with van der Waals surface area (Å²) < 4.78 is 5.77. The smallest absolute Gasteiger partial charge is 0.300 e. The molecule has 1 unspecified atom stereocenters. The summed E-state index contributed by atoms with van der Waals surface area (Å²) in [5.74, 6) is -0.848. The SMILES string of the molecule is CCCOc1cccc(N2C(=O)C(=O)/C(=C(\O)c3ccc4c(c3)CCCC4)C2c2ccccc2)c1. The van der Waals surface area contributed by atoms with Crippen molar-refractivity contribution in [3.8, 4) is 5.75 Å². The maximum absolute atomic E-state index is 13.4. The van der Waals surface area contributed by atoms with Crippen LogP contribution >= 0.6 is 0 Å². The van der Waals surface area contributed by atoms with Gasteiger partial charge in [0.1, 0.15) is 11.5 Å². The maximum atomic E-state index is 13.4. The lowest BCUT2D eigenvalue weighted by atomic mass is 9.88. The zero-order valence-corrected chi connectivity index (χ0v) is 19.9. The van der Waals surface area contributed by atoms with Crippen molar-refractivity contribution in [2.75, 3.05) is 11.5 Å². The van der Waals surface area contributed by atoms with Gasteiger partial charge in [0.15, 0.2) is 0 Å². The number of ketones is 1. The van der Waals surface area contributed by atoms with E-state index in [9.17, 15) is 14.7 Å². The summed E-state index contributed by atoms with van der Waals surface area (Å²) in [4.78, 5) is 28.2. The van der Waals surface area contributed by atoms with Gasteiger partial charge in [-0.15, -0.1) is 0 Å². The predicted octanol–water partition coefficient (Wildman–Crippen LogP) is 5.98. The van der Waals surface area contributed by atoms with Gasteiger partial charge in [0.05, 0.1) is 18.2 Å². The van der Waals surface area contributed by atoms with E-state index in [2.05, 4.69) is 0 Å². The lowest BCUT2D eigenvalue weighted by Crippen LogP contribution is -2.29. The first-order valence-electron chi connectivity index (χ1n) is 12.3. The molecule has 3 aromatic carbocycles. The van der Waals surface area contributed by atoms with Crippen molar-refractivity contribution >= 4 is 23.1 Å². The van der Waals surface area contributed by atoms with Gasteiger partial charge in [0, 0.05) is 17.3 Å². The van der Waals surface area contributed by atoms with Crippen molar-refractivity contribution in [1.29, 1.82) is 0 Å². The van der Waals surface area contributed by atoms with Crippen molar-refractivity contribution in [2.45, 2.75) is 45.1 Å². The zero-order chi connectivity index (χ0) is 24.4. The molecule has 1 fully saturated rings. The Morgan fingerprint density at radius 2 is 1.71 bits per heavy atom. The van der Waals surface area contributed by atoms with E-state index in [0.29, 0.717) is 23.6 Å². The topological polar surface area (TPSA) is 66.8 Å². The fourth-order valence-corrected chi connectivity index (χ4v) is 5.03. The molecule has 1 aliphatic heterocycles. The van der Waals surface area contributed by atoms with Crippen molar-refractivity contribution < 1.29 is 19.4 Å². The van der Waals surface area contributed by atoms with Crippen LogP contribution < -0.4 is 9.64 Å². The second-order valence-electron chi connectivity index (χ2n) is 9.12. The van der Waals surface area contributed by atoms with Crippen LogP contribution in [0.2, 0.25) is 0 Å². The number of hydrogen-bond acceptors (Lipinski definition) is 4. The quantitative estimate of drug-likeness (QED) is 0.275. The number of nitrogens with zero attached hydrogens (tertiary/aromatic N) is 1. The lowest BCUT2D eigenvalue weighted by Gasteiger charge is -2.26. The van der Waals surface area contributed by atoms with Gasteiger partial charge >= 0.3 is 0 Å². The van der Waals surface area contributed by atoms with Gasteiger partial charge in [-0.05, 0) is 67.0 Å². The predicted molar refractivity (Wildman–Crippen MR) is 137 cm³/mol. The molecule has 5 heteroatoms. The number of fused-ring (bicyclic) bond motifs is 1. The number of anilines is 1. The Kier molecular flexibility index (Phi) is 6.41. The fourth-order valence-electron chi connectivity index (χ4n) is 5.03. The summed E-state index contributed by atoms with van der Waals surface area (Å²) in [5.41, 5.74) is 4.48. The molecule has 35 heavy (non-hydrogen) atoms. The van der Waals surface area contributed by atoms with E-state index in [4.69, 9.17) is 4.74 Å². The summed E-state index contributed by atoms with van der Waals surface area (Å²) in [5, 5.41) is 11.4. The van der Waals surface area contributed by atoms with Gasteiger partial charge in [-0.2, -0.15) is 0 Å². The van der Waals surface area contributed by atoms with Crippen LogP contribution in [0.3, 0.4) is 0 Å². The highest BCUT2D eigenvalue weighted by atomic mass is 16.5. The molecular weight excluding hydrogens is 438 g/mol. The second-order valence-corrected chi connectivity index (χ2v) is 9.12. The molecule has 178 valence electrons. The minimum absolute atomic E-state index is 0.108. The first-order chi connectivity index (χ1) is 17.1. The largest absolute Gasteiger partial charge is 0.507 e. The molecule has 0 radical (unpaired) electrons. The van der Waals surface area contributed by atoms with Gasteiger partial charge < -0.3 is 9.84 Å². The summed E-state index contributed by atoms with van der Waals surface area (Å²) >= 11 is 0. The van der Waals surface area contributed by atoms with E-state index < -0.39 is 17.7 Å². The van der Waals surface area contributed by atoms with Gasteiger partial charge in [0.25, 0.3) is 11.7 Å². The average Bonchev–Trinajstić information content (AvgIpc) is 3.17. The summed E-state index contributed by atoms with van der Waals surface area (Å²) in [6.07, 6.45) is 5.12. The van der Waals surface area contributed by atoms with E-state index in [1.807, 2.05) is 67.6 Å². The highest BCUT2D eigenvalue weighted by Gasteiger charge is 2.47. The minimum atomic E-state index is -0.742. The number of benzene rings is 3. The summed E-state index contributed by atoms with van der Waals surface area (Å²) in [6.45, 7) is 2.58. The number of hydrogen-bond donors (Lipinski definition) is 1. The molecule has 2 aliphatic rings. The molecule has 1 amide bonds. The fraction of sp³-hybridized carbons (Fsp3) is 0.267. The number of rotatable bonds is 6. The Morgan fingerprint density at radius 1 is 0.943 bits per heavy atom. The number of Topliss-reactive ketones (excluding diaryl/α,β-unsaturated/α-hetero) is 1. The monoisotopic (exact) mass is 467 g/mol. The highest BCUT2D eigenvalue weighted by molar-refractivity contribution is 6.51. The molecule has 0 aromatic heterocycles. The molecule has 0 spiro atoms. The van der Waals surface area contributed by atoms with Gasteiger partial charge in [-0.1, -0.05) is 55.5 Å². The van der Waals surface area contributed by atoms with Crippen molar-refractivity contribution in [2.24, 2.45) is 0 Å². The van der Waals surface area contributed by atoms with Crippen molar-refractivity contribution in [1.82, 2.24) is 0 Å². The zero-order valence-electron chi connectivity index (χ0n) is 19.9. The molecule has 1 N–H and O–H groups in total. The Labute approximate surface area is 205 Å². The van der Waals surface area contributed by atoms with Gasteiger partial charge in [-0.25, -0.2) is 0 Å². The van der Waals surface area contributed by atoms with Crippen LogP contribution in [0.25, 0.3) is 5.76 Å². The van der Waals surface area contributed by atoms with Crippen LogP contribution in [0.4, 0.5) is 5.69 Å². The Hall–Kier alpha value is -3.86. The van der Waals surface area contributed by atoms with Crippen LogP contribution in [-0.2, 0) is 22.4 Å². The van der Waals surface area contributed by atoms with Gasteiger partial charge in [-0.3, -0.25) is 14.5 Å². The Morgan fingerprint density at radius 3 is 2.49 bits per heavy atom. The van der Waals surface area contributed by atoms with Gasteiger partial charge in [0.2, 0.25) is 0 Å². The second kappa shape index (κ2) is 9.79. The molecule has 0 saturated carbocycles. The molecule has 5 rings (SSSR count). The van der Waals surface area contributed by atoms with Crippen LogP contribution in [0, 0.1) is 0 Å². The normalized spacial score (nSPS) is 19.0. The standard InChI is InChI=1S/C30H29NO4/c1-2-17-35-25-14-8-13-24(19-25)31-27(21-10-4-3-5-11-21)26(29(33)30(31)34)28(32)23-16-15-20-9-6-7-12-22(20)18-23/h3-5,8,10-11,13-16,18-19,27,32H,2,6-7,9,12,17H2,1H3/b28-26-. The van der Waals surface area contributed by atoms with E-state index in [-0.39, 0.29) is 11.3 Å². The number of amides is 1. The first-order valence-corrected chi connectivity index (χ1v) is 12.3. The molecule has 1 heterocycles. The Bertz CT molecular complexity index is 1290. The number of carbonyl (C=O) groups excluding carboxylic acids is 2. The third-order valence-electron chi connectivity index (χ3n) is 6.75. The molecule has 5 nitrogen and oxygen atoms in total. The third-order valence-corrected chi connectivity index (χ3v) is 6.75. The minimum Gasteiger partial charge on any atom is -0.507 e. The number of ether oxygens (including phenoxy) is 1. The number of aryl methyl sites for hydroxylation is 2. The number of aliphatic hydroxyl groups is 1. The molecule has 0 bridgehead atoms.